The molecule has 1 N–H and O–H groups in total. The standard InChI is InChI=1S/C17H21ClN4O3S/c1-24-9-10-25-15-3-2-13(12-14(15)18)20-16(23)21-5-7-22(8-6-21)17-19-4-11-26-17/h2-4,11-12H,5-10H2,1H3,(H,20,23). The molecule has 1 aromatic heterocycles. The Bertz CT molecular complexity index is 721. The van der Waals surface area contributed by atoms with Crippen LogP contribution in [-0.4, -0.2) is 62.4 Å². The number of urea groups is 1. The summed E-state index contributed by atoms with van der Waals surface area (Å²) in [5.74, 6) is 0.568. The number of halogens is 1. The number of nitrogens with zero attached hydrogens (tertiary/aromatic N) is 3. The van der Waals surface area contributed by atoms with E-state index in [1.54, 1.807) is 47.7 Å². The zero-order valence-electron chi connectivity index (χ0n) is 14.5. The lowest BCUT2D eigenvalue weighted by molar-refractivity contribution is 0.146. The molecule has 1 aromatic carbocycles. The number of ether oxygens (including phenoxy) is 2. The molecule has 0 aliphatic carbocycles. The summed E-state index contributed by atoms with van der Waals surface area (Å²) in [7, 11) is 1.61. The highest BCUT2D eigenvalue weighted by Gasteiger charge is 2.22. The molecule has 0 bridgehead atoms. The van der Waals surface area contributed by atoms with Crippen molar-refractivity contribution in [3.8, 4) is 5.75 Å². The fraction of sp³-hybridized carbons (Fsp3) is 0.412. The van der Waals surface area contributed by atoms with Crippen LogP contribution in [0.1, 0.15) is 0 Å². The lowest BCUT2D eigenvalue weighted by Crippen LogP contribution is -2.50. The van der Waals surface area contributed by atoms with E-state index in [-0.39, 0.29) is 6.03 Å². The van der Waals surface area contributed by atoms with Crippen LogP contribution in [0.3, 0.4) is 0 Å². The van der Waals surface area contributed by atoms with Gasteiger partial charge in [0.1, 0.15) is 12.4 Å². The Hall–Kier alpha value is -2.03. The van der Waals surface area contributed by atoms with Crippen molar-refractivity contribution in [1.82, 2.24) is 9.88 Å². The van der Waals surface area contributed by atoms with Crippen molar-refractivity contribution in [2.45, 2.75) is 0 Å². The van der Waals surface area contributed by atoms with Gasteiger partial charge in [0.15, 0.2) is 5.13 Å². The van der Waals surface area contributed by atoms with Gasteiger partial charge in [0.05, 0.1) is 11.6 Å². The van der Waals surface area contributed by atoms with Gasteiger partial charge in [-0.15, -0.1) is 11.3 Å². The SMILES string of the molecule is COCCOc1ccc(NC(=O)N2CCN(c3nccs3)CC2)cc1Cl. The largest absolute Gasteiger partial charge is 0.490 e. The molecular formula is C17H21ClN4O3S. The van der Waals surface area contributed by atoms with Crippen LogP contribution in [0.15, 0.2) is 29.8 Å². The predicted octanol–water partition coefficient (Wildman–Crippen LogP) is 3.18. The summed E-state index contributed by atoms with van der Waals surface area (Å²) in [6.45, 7) is 3.75. The van der Waals surface area contributed by atoms with Gasteiger partial charge in [-0.1, -0.05) is 11.6 Å². The van der Waals surface area contributed by atoms with Crippen LogP contribution in [0.2, 0.25) is 5.02 Å². The fourth-order valence-electron chi connectivity index (χ4n) is 2.61. The van der Waals surface area contributed by atoms with Crippen LogP contribution < -0.4 is 15.0 Å². The summed E-state index contributed by atoms with van der Waals surface area (Å²) >= 11 is 7.82. The third-order valence-electron chi connectivity index (χ3n) is 3.98. The van der Waals surface area contributed by atoms with E-state index in [0.717, 1.165) is 18.2 Å². The molecule has 1 aliphatic rings. The molecule has 0 atom stereocenters. The van der Waals surface area contributed by atoms with Crippen LogP contribution >= 0.6 is 22.9 Å². The Morgan fingerprint density at radius 3 is 2.77 bits per heavy atom. The zero-order valence-corrected chi connectivity index (χ0v) is 16.1. The Balaban J connectivity index is 1.51. The van der Waals surface area contributed by atoms with Crippen molar-refractivity contribution in [2.24, 2.45) is 0 Å². The van der Waals surface area contributed by atoms with Crippen molar-refractivity contribution in [1.29, 1.82) is 0 Å². The molecule has 1 saturated heterocycles. The third kappa shape index (κ3) is 4.78. The van der Waals surface area contributed by atoms with Crippen molar-refractivity contribution in [3.05, 3.63) is 34.8 Å². The second-order valence-corrected chi connectivity index (χ2v) is 6.99. The minimum absolute atomic E-state index is 0.132. The number of benzene rings is 1. The summed E-state index contributed by atoms with van der Waals surface area (Å²) in [5.41, 5.74) is 0.640. The molecule has 26 heavy (non-hydrogen) atoms. The normalized spacial score (nSPS) is 14.4. The number of hydrogen-bond acceptors (Lipinski definition) is 6. The van der Waals surface area contributed by atoms with Crippen molar-refractivity contribution in [2.75, 3.05) is 56.7 Å². The van der Waals surface area contributed by atoms with Crippen LogP contribution in [0.5, 0.6) is 5.75 Å². The van der Waals surface area contributed by atoms with E-state index in [9.17, 15) is 4.79 Å². The number of hydrogen-bond donors (Lipinski definition) is 1. The van der Waals surface area contributed by atoms with Crippen LogP contribution in [0.25, 0.3) is 0 Å². The Morgan fingerprint density at radius 2 is 2.12 bits per heavy atom. The number of carbonyl (C=O) groups is 1. The maximum Gasteiger partial charge on any atom is 0.321 e. The Kier molecular flexibility index (Phi) is 6.54. The lowest BCUT2D eigenvalue weighted by atomic mass is 10.3. The second-order valence-electron chi connectivity index (χ2n) is 5.71. The fourth-order valence-corrected chi connectivity index (χ4v) is 3.54. The first-order valence-electron chi connectivity index (χ1n) is 8.29. The molecule has 0 saturated carbocycles. The molecule has 2 amide bonds. The van der Waals surface area contributed by atoms with Gasteiger partial charge in [0.2, 0.25) is 0 Å². The molecule has 1 fully saturated rings. The monoisotopic (exact) mass is 396 g/mol. The van der Waals surface area contributed by atoms with E-state index < -0.39 is 0 Å². The quantitative estimate of drug-likeness (QED) is 0.759. The topological polar surface area (TPSA) is 66.9 Å². The van der Waals surface area contributed by atoms with E-state index in [2.05, 4.69) is 15.2 Å². The maximum absolute atomic E-state index is 12.5. The lowest BCUT2D eigenvalue weighted by Gasteiger charge is -2.34. The number of methoxy groups -OCH3 is 1. The molecule has 3 rings (SSSR count). The average Bonchev–Trinajstić information content (AvgIpc) is 3.18. The molecule has 140 valence electrons. The molecule has 7 nitrogen and oxygen atoms in total. The molecule has 9 heteroatoms. The van der Waals surface area contributed by atoms with E-state index >= 15 is 0 Å². The van der Waals surface area contributed by atoms with E-state index in [1.165, 1.54) is 0 Å². The van der Waals surface area contributed by atoms with Crippen LogP contribution in [0.4, 0.5) is 15.6 Å². The second kappa shape index (κ2) is 9.07. The number of piperazine rings is 1. The first-order chi connectivity index (χ1) is 12.7. The molecule has 0 radical (unpaired) electrons. The van der Waals surface area contributed by atoms with Gasteiger partial charge in [-0.2, -0.15) is 0 Å². The number of nitrogens with one attached hydrogen (secondary N) is 1. The number of aromatic nitrogens is 1. The summed E-state index contributed by atoms with van der Waals surface area (Å²) in [4.78, 5) is 20.8. The molecule has 2 heterocycles. The number of rotatable bonds is 6. The van der Waals surface area contributed by atoms with E-state index in [4.69, 9.17) is 21.1 Å². The molecule has 1 aliphatic heterocycles. The highest BCUT2D eigenvalue weighted by molar-refractivity contribution is 7.13. The first-order valence-corrected chi connectivity index (χ1v) is 9.55. The van der Waals surface area contributed by atoms with Gasteiger partial charge in [-0.3, -0.25) is 0 Å². The average molecular weight is 397 g/mol. The summed E-state index contributed by atoms with van der Waals surface area (Å²) in [5, 5.41) is 6.30. The zero-order chi connectivity index (χ0) is 18.4. The number of carbonyl (C=O) groups excluding carboxylic acids is 1. The van der Waals surface area contributed by atoms with Gasteiger partial charge < -0.3 is 24.6 Å². The van der Waals surface area contributed by atoms with Gasteiger partial charge in [0, 0.05) is 50.6 Å². The molecular weight excluding hydrogens is 376 g/mol. The third-order valence-corrected chi connectivity index (χ3v) is 5.11. The van der Waals surface area contributed by atoms with Gasteiger partial charge in [-0.25, -0.2) is 9.78 Å². The summed E-state index contributed by atoms with van der Waals surface area (Å²) < 4.78 is 10.5. The minimum atomic E-state index is -0.132. The minimum Gasteiger partial charge on any atom is -0.490 e. The van der Waals surface area contributed by atoms with Crippen molar-refractivity contribution < 1.29 is 14.3 Å². The van der Waals surface area contributed by atoms with E-state index in [1.807, 2.05) is 5.38 Å². The molecule has 0 spiro atoms. The van der Waals surface area contributed by atoms with Crippen molar-refractivity contribution >= 4 is 39.8 Å². The van der Waals surface area contributed by atoms with E-state index in [0.29, 0.717) is 42.8 Å². The van der Waals surface area contributed by atoms with Crippen molar-refractivity contribution in [3.63, 3.8) is 0 Å². The van der Waals surface area contributed by atoms with Gasteiger partial charge in [-0.05, 0) is 18.2 Å². The molecule has 2 aromatic rings. The highest BCUT2D eigenvalue weighted by atomic mass is 35.5. The number of thiazole rings is 1. The Morgan fingerprint density at radius 1 is 1.31 bits per heavy atom. The summed E-state index contributed by atoms with van der Waals surface area (Å²) in [6.07, 6.45) is 1.80. The van der Waals surface area contributed by atoms with Crippen LogP contribution in [0, 0.1) is 0 Å². The predicted molar refractivity (Wildman–Crippen MR) is 104 cm³/mol. The first kappa shape index (κ1) is 18.8. The van der Waals surface area contributed by atoms with Gasteiger partial charge in [0.25, 0.3) is 0 Å². The Labute approximate surface area is 161 Å². The number of anilines is 2. The maximum atomic E-state index is 12.5. The highest BCUT2D eigenvalue weighted by Crippen LogP contribution is 2.28. The number of amides is 2. The van der Waals surface area contributed by atoms with Gasteiger partial charge >= 0.3 is 6.03 Å². The summed E-state index contributed by atoms with van der Waals surface area (Å²) in [6, 6.07) is 5.08. The van der Waals surface area contributed by atoms with Crippen LogP contribution in [-0.2, 0) is 4.74 Å². The smallest absolute Gasteiger partial charge is 0.321 e. The molecule has 0 unspecified atom stereocenters.